The average molecular weight is 307 g/mol. The Balaban J connectivity index is 2.31. The van der Waals surface area contributed by atoms with Crippen LogP contribution in [-0.4, -0.2) is 5.16 Å². The Bertz CT molecular complexity index is 797. The van der Waals surface area contributed by atoms with Gasteiger partial charge < -0.3 is 10.3 Å². The third-order valence-corrected chi connectivity index (χ3v) is 3.36. The van der Waals surface area contributed by atoms with Gasteiger partial charge >= 0.3 is 0 Å². The van der Waals surface area contributed by atoms with E-state index in [9.17, 15) is 8.78 Å². The van der Waals surface area contributed by atoms with Crippen molar-refractivity contribution < 1.29 is 13.3 Å². The first-order chi connectivity index (χ1) is 10.1. The van der Waals surface area contributed by atoms with Gasteiger partial charge in [0, 0.05) is 5.56 Å². The number of hydrogen-bond acceptors (Lipinski definition) is 3. The molecule has 3 nitrogen and oxygen atoms in total. The van der Waals surface area contributed by atoms with Crippen LogP contribution in [0.5, 0.6) is 0 Å². The molecule has 0 saturated heterocycles. The average Bonchev–Trinajstić information content (AvgIpc) is 2.81. The molecule has 21 heavy (non-hydrogen) atoms. The zero-order valence-corrected chi connectivity index (χ0v) is 11.4. The van der Waals surface area contributed by atoms with Crippen molar-refractivity contribution in [3.8, 4) is 22.5 Å². The van der Waals surface area contributed by atoms with Crippen molar-refractivity contribution in [3.05, 3.63) is 59.1 Å². The summed E-state index contributed by atoms with van der Waals surface area (Å²) >= 11 is 6.03. The first kappa shape index (κ1) is 13.6. The molecule has 0 bridgehead atoms. The van der Waals surface area contributed by atoms with Crippen molar-refractivity contribution in [1.29, 1.82) is 0 Å². The molecule has 106 valence electrons. The molecule has 3 aromatic rings. The van der Waals surface area contributed by atoms with Crippen LogP contribution in [0.1, 0.15) is 0 Å². The molecule has 6 heteroatoms. The van der Waals surface area contributed by atoms with Gasteiger partial charge in [-0.05, 0) is 24.3 Å². The van der Waals surface area contributed by atoms with Gasteiger partial charge in [-0.25, -0.2) is 8.78 Å². The molecule has 2 aromatic carbocycles. The van der Waals surface area contributed by atoms with Gasteiger partial charge in [-0.3, -0.25) is 0 Å². The van der Waals surface area contributed by atoms with Crippen molar-refractivity contribution in [2.45, 2.75) is 0 Å². The summed E-state index contributed by atoms with van der Waals surface area (Å²) in [6, 6.07) is 10.1. The summed E-state index contributed by atoms with van der Waals surface area (Å²) in [7, 11) is 0. The number of halogens is 3. The molecule has 0 atom stereocenters. The lowest BCUT2D eigenvalue weighted by Gasteiger charge is -2.07. The summed E-state index contributed by atoms with van der Waals surface area (Å²) in [4.78, 5) is 0. The van der Waals surface area contributed by atoms with Crippen LogP contribution in [0.4, 0.5) is 14.6 Å². The lowest BCUT2D eigenvalue weighted by atomic mass is 10.0. The maximum Gasteiger partial charge on any atom is 0.180 e. The highest BCUT2D eigenvalue weighted by Crippen LogP contribution is 2.41. The van der Waals surface area contributed by atoms with E-state index in [2.05, 4.69) is 5.16 Å². The minimum absolute atomic E-state index is 0.0381. The van der Waals surface area contributed by atoms with Crippen LogP contribution in [-0.2, 0) is 0 Å². The Morgan fingerprint density at radius 1 is 0.952 bits per heavy atom. The normalized spacial score (nSPS) is 10.8. The molecule has 0 spiro atoms. The molecule has 0 aliphatic heterocycles. The van der Waals surface area contributed by atoms with E-state index in [0.717, 1.165) is 0 Å². The molecule has 3 rings (SSSR count). The fraction of sp³-hybridized carbons (Fsp3) is 0. The predicted octanol–water partition coefficient (Wildman–Crippen LogP) is 4.52. The van der Waals surface area contributed by atoms with Crippen molar-refractivity contribution in [2.75, 3.05) is 5.73 Å². The molecule has 0 fully saturated rings. The summed E-state index contributed by atoms with van der Waals surface area (Å²) in [5.41, 5.74) is 6.06. The fourth-order valence-corrected chi connectivity index (χ4v) is 2.37. The molecule has 0 amide bonds. The Morgan fingerprint density at radius 2 is 1.67 bits per heavy atom. The third-order valence-electron chi connectivity index (χ3n) is 3.05. The number of anilines is 1. The topological polar surface area (TPSA) is 52.0 Å². The van der Waals surface area contributed by atoms with Crippen LogP contribution in [0, 0.1) is 11.6 Å². The highest BCUT2D eigenvalue weighted by atomic mass is 35.5. The number of rotatable bonds is 2. The van der Waals surface area contributed by atoms with Gasteiger partial charge in [0.05, 0.1) is 16.1 Å². The van der Waals surface area contributed by atoms with E-state index in [1.54, 1.807) is 6.07 Å². The summed E-state index contributed by atoms with van der Waals surface area (Å²) in [6.07, 6.45) is 0. The molecule has 0 radical (unpaired) electrons. The number of hydrogen-bond donors (Lipinski definition) is 1. The quantitative estimate of drug-likeness (QED) is 0.757. The van der Waals surface area contributed by atoms with Gasteiger partial charge in [-0.2, -0.15) is 0 Å². The number of nitrogens with two attached hydrogens (primary N) is 1. The van der Waals surface area contributed by atoms with Crippen molar-refractivity contribution in [3.63, 3.8) is 0 Å². The second-order valence-corrected chi connectivity index (χ2v) is 4.76. The minimum Gasteiger partial charge on any atom is -0.380 e. The molecule has 0 saturated carbocycles. The van der Waals surface area contributed by atoms with Gasteiger partial charge in [0.25, 0.3) is 0 Å². The number of aromatic nitrogens is 1. The van der Waals surface area contributed by atoms with Crippen LogP contribution in [0.25, 0.3) is 22.5 Å². The molecule has 2 N–H and O–H groups in total. The zero-order chi connectivity index (χ0) is 15.0. The molecular weight excluding hydrogens is 298 g/mol. The van der Waals surface area contributed by atoms with E-state index in [-0.39, 0.29) is 33.3 Å². The van der Waals surface area contributed by atoms with Gasteiger partial charge in [-0.1, -0.05) is 35.0 Å². The van der Waals surface area contributed by atoms with Crippen LogP contribution in [0.2, 0.25) is 5.02 Å². The number of benzene rings is 2. The van der Waals surface area contributed by atoms with Gasteiger partial charge in [0.1, 0.15) is 11.6 Å². The molecule has 0 aliphatic carbocycles. The second kappa shape index (κ2) is 5.18. The number of nitrogens with zero attached hydrogens (tertiary/aromatic N) is 1. The molecular formula is C15H9ClF2N2O. The lowest BCUT2D eigenvalue weighted by Crippen LogP contribution is -1.93. The van der Waals surface area contributed by atoms with E-state index in [0.29, 0.717) is 0 Å². The van der Waals surface area contributed by atoms with E-state index in [1.165, 1.54) is 36.4 Å². The smallest absolute Gasteiger partial charge is 0.180 e. The van der Waals surface area contributed by atoms with Crippen molar-refractivity contribution in [2.24, 2.45) is 0 Å². The maximum absolute atomic E-state index is 14.1. The van der Waals surface area contributed by atoms with Gasteiger partial charge in [0.2, 0.25) is 0 Å². The maximum atomic E-state index is 14.1. The highest BCUT2D eigenvalue weighted by Gasteiger charge is 2.24. The van der Waals surface area contributed by atoms with Crippen LogP contribution in [0.15, 0.2) is 47.0 Å². The SMILES string of the molecule is Nc1noc(-c2ccccc2F)c1-c1c(F)cccc1Cl. The van der Waals surface area contributed by atoms with E-state index < -0.39 is 11.6 Å². The van der Waals surface area contributed by atoms with Gasteiger partial charge in [0.15, 0.2) is 11.6 Å². The minimum atomic E-state index is -0.588. The van der Waals surface area contributed by atoms with Crippen LogP contribution in [0.3, 0.4) is 0 Å². The summed E-state index contributed by atoms with van der Waals surface area (Å²) in [6.45, 7) is 0. The number of nitrogen functional groups attached to an aromatic ring is 1. The molecule has 1 heterocycles. The van der Waals surface area contributed by atoms with E-state index in [4.69, 9.17) is 21.9 Å². The third kappa shape index (κ3) is 2.25. The van der Waals surface area contributed by atoms with Crippen molar-refractivity contribution in [1.82, 2.24) is 5.16 Å². The van der Waals surface area contributed by atoms with Crippen LogP contribution >= 0.6 is 11.6 Å². The Hall–Kier alpha value is -2.40. The van der Waals surface area contributed by atoms with Crippen molar-refractivity contribution >= 4 is 17.4 Å². The van der Waals surface area contributed by atoms with E-state index >= 15 is 0 Å². The first-order valence-corrected chi connectivity index (χ1v) is 6.42. The molecule has 0 aliphatic rings. The summed E-state index contributed by atoms with van der Waals surface area (Å²) in [5, 5.41) is 3.74. The fourth-order valence-electron chi connectivity index (χ4n) is 2.11. The largest absolute Gasteiger partial charge is 0.380 e. The Morgan fingerprint density at radius 3 is 2.38 bits per heavy atom. The van der Waals surface area contributed by atoms with Crippen LogP contribution < -0.4 is 5.73 Å². The summed E-state index contributed by atoms with van der Waals surface area (Å²) in [5.74, 6) is -1.13. The van der Waals surface area contributed by atoms with Gasteiger partial charge in [-0.15, -0.1) is 0 Å². The monoisotopic (exact) mass is 306 g/mol. The molecule has 0 unspecified atom stereocenters. The zero-order valence-electron chi connectivity index (χ0n) is 10.6. The predicted molar refractivity (Wildman–Crippen MR) is 76.7 cm³/mol. The Labute approximate surface area is 123 Å². The second-order valence-electron chi connectivity index (χ2n) is 4.35. The summed E-state index contributed by atoms with van der Waals surface area (Å²) < 4.78 is 33.1. The lowest BCUT2D eigenvalue weighted by molar-refractivity contribution is 0.433. The van der Waals surface area contributed by atoms with E-state index in [1.807, 2.05) is 0 Å². The Kier molecular flexibility index (Phi) is 3.35. The first-order valence-electron chi connectivity index (χ1n) is 6.04. The highest BCUT2D eigenvalue weighted by molar-refractivity contribution is 6.33. The molecule has 1 aromatic heterocycles. The standard InChI is InChI=1S/C15H9ClF2N2O/c16-9-5-3-7-11(18)12(9)13-14(21-20-15(13)19)8-4-1-2-6-10(8)17/h1-7H,(H2,19,20).